The maximum absolute atomic E-state index is 2.40. The Morgan fingerprint density at radius 2 is 0.739 bits per heavy atom. The molecular formula is C45H35N. The first kappa shape index (κ1) is 27.9. The van der Waals surface area contributed by atoms with Crippen molar-refractivity contribution in [3.05, 3.63) is 187 Å². The van der Waals surface area contributed by atoms with Gasteiger partial charge in [-0.2, -0.15) is 0 Å². The molecule has 0 spiro atoms. The van der Waals surface area contributed by atoms with Gasteiger partial charge in [-0.3, -0.25) is 0 Å². The molecule has 0 amide bonds. The molecule has 0 saturated heterocycles. The molecular weight excluding hydrogens is 555 g/mol. The van der Waals surface area contributed by atoms with Crippen LogP contribution in [0.15, 0.2) is 176 Å². The standard InChI is InChI=1S/C45H35N/c1-45(2)43-20-12-11-19-41(43)42-30-29-38(31-44(42)45)46(36-25-21-33(22-26-36)32-13-5-3-6-14-32)37-27-23-35(24-28-37)40-18-10-9-17-39(40)34-15-7-4-8-16-34/h3-31H,1-2H3. The molecule has 0 fully saturated rings. The average molecular weight is 590 g/mol. The largest absolute Gasteiger partial charge is 0.310 e. The number of benzene rings is 7. The monoisotopic (exact) mass is 589 g/mol. The van der Waals surface area contributed by atoms with Crippen LogP contribution in [0.5, 0.6) is 0 Å². The van der Waals surface area contributed by atoms with Crippen molar-refractivity contribution in [1.29, 1.82) is 0 Å². The molecule has 0 aromatic heterocycles. The van der Waals surface area contributed by atoms with E-state index in [1.54, 1.807) is 0 Å². The van der Waals surface area contributed by atoms with E-state index in [0.29, 0.717) is 0 Å². The highest BCUT2D eigenvalue weighted by Gasteiger charge is 2.35. The zero-order valence-electron chi connectivity index (χ0n) is 26.2. The molecule has 0 heterocycles. The fourth-order valence-corrected chi connectivity index (χ4v) is 7.11. The lowest BCUT2D eigenvalue weighted by molar-refractivity contribution is 0.660. The van der Waals surface area contributed by atoms with Gasteiger partial charge >= 0.3 is 0 Å². The van der Waals surface area contributed by atoms with E-state index in [0.717, 1.165) is 17.1 Å². The van der Waals surface area contributed by atoms with Crippen LogP contribution in [-0.2, 0) is 5.41 Å². The molecule has 46 heavy (non-hydrogen) atoms. The third-order valence-corrected chi connectivity index (χ3v) is 9.51. The van der Waals surface area contributed by atoms with Crippen molar-refractivity contribution in [2.75, 3.05) is 4.90 Å². The van der Waals surface area contributed by atoms with Gasteiger partial charge in [0.1, 0.15) is 0 Å². The number of hydrogen-bond donors (Lipinski definition) is 0. The van der Waals surface area contributed by atoms with E-state index in [4.69, 9.17) is 0 Å². The summed E-state index contributed by atoms with van der Waals surface area (Å²) >= 11 is 0. The predicted octanol–water partition coefficient (Wildman–Crippen LogP) is 12.5. The SMILES string of the molecule is CC1(C)c2ccccc2-c2ccc(N(c3ccc(-c4ccccc4)cc3)c3ccc(-c4ccccc4-c4ccccc4)cc3)cc21. The Hall–Kier alpha value is -5.66. The Balaban J connectivity index is 1.23. The topological polar surface area (TPSA) is 3.24 Å². The van der Waals surface area contributed by atoms with Gasteiger partial charge < -0.3 is 4.90 Å². The summed E-state index contributed by atoms with van der Waals surface area (Å²) in [6.07, 6.45) is 0. The van der Waals surface area contributed by atoms with Gasteiger partial charge in [-0.25, -0.2) is 0 Å². The maximum Gasteiger partial charge on any atom is 0.0465 e. The minimum Gasteiger partial charge on any atom is -0.310 e. The summed E-state index contributed by atoms with van der Waals surface area (Å²) in [7, 11) is 0. The lowest BCUT2D eigenvalue weighted by Gasteiger charge is -2.28. The molecule has 7 aromatic carbocycles. The van der Waals surface area contributed by atoms with E-state index < -0.39 is 0 Å². The quantitative estimate of drug-likeness (QED) is 0.186. The van der Waals surface area contributed by atoms with E-state index in [1.807, 2.05) is 0 Å². The second-order valence-corrected chi connectivity index (χ2v) is 12.6. The van der Waals surface area contributed by atoms with Gasteiger partial charge in [-0.15, -0.1) is 0 Å². The lowest BCUT2D eigenvalue weighted by Crippen LogP contribution is -2.16. The van der Waals surface area contributed by atoms with Crippen LogP contribution in [0.3, 0.4) is 0 Å². The Labute approximate surface area is 272 Å². The van der Waals surface area contributed by atoms with Crippen LogP contribution in [-0.4, -0.2) is 0 Å². The molecule has 1 aliphatic carbocycles. The summed E-state index contributed by atoms with van der Waals surface area (Å²) in [5, 5.41) is 0. The van der Waals surface area contributed by atoms with Crippen molar-refractivity contribution in [2.45, 2.75) is 19.3 Å². The minimum atomic E-state index is -0.0736. The number of nitrogens with zero attached hydrogens (tertiary/aromatic N) is 1. The Kier molecular flexibility index (Phi) is 6.88. The zero-order valence-corrected chi connectivity index (χ0v) is 26.2. The highest BCUT2D eigenvalue weighted by atomic mass is 15.1. The van der Waals surface area contributed by atoms with Gasteiger partial charge in [0.25, 0.3) is 0 Å². The van der Waals surface area contributed by atoms with Crippen LogP contribution in [0.25, 0.3) is 44.5 Å². The lowest BCUT2D eigenvalue weighted by atomic mass is 9.82. The average Bonchev–Trinajstić information content (AvgIpc) is 3.35. The molecule has 7 aromatic rings. The molecule has 220 valence electrons. The van der Waals surface area contributed by atoms with Crippen molar-refractivity contribution in [3.8, 4) is 44.5 Å². The van der Waals surface area contributed by atoms with Gasteiger partial charge in [0, 0.05) is 22.5 Å². The highest BCUT2D eigenvalue weighted by molar-refractivity contribution is 5.88. The van der Waals surface area contributed by atoms with Gasteiger partial charge in [-0.1, -0.05) is 153 Å². The van der Waals surface area contributed by atoms with Crippen molar-refractivity contribution in [1.82, 2.24) is 0 Å². The van der Waals surface area contributed by atoms with E-state index in [9.17, 15) is 0 Å². The predicted molar refractivity (Wildman–Crippen MR) is 195 cm³/mol. The van der Waals surface area contributed by atoms with Crippen molar-refractivity contribution in [2.24, 2.45) is 0 Å². The number of anilines is 3. The second-order valence-electron chi connectivity index (χ2n) is 12.6. The summed E-state index contributed by atoms with van der Waals surface area (Å²) in [5.74, 6) is 0. The smallest absolute Gasteiger partial charge is 0.0465 e. The summed E-state index contributed by atoms with van der Waals surface area (Å²) in [6.45, 7) is 4.69. The van der Waals surface area contributed by atoms with Crippen LogP contribution >= 0.6 is 0 Å². The maximum atomic E-state index is 2.40. The van der Waals surface area contributed by atoms with Gasteiger partial charge in [-0.05, 0) is 92.0 Å². The number of hydrogen-bond acceptors (Lipinski definition) is 1. The van der Waals surface area contributed by atoms with Crippen molar-refractivity contribution in [3.63, 3.8) is 0 Å². The molecule has 0 atom stereocenters. The van der Waals surface area contributed by atoms with Crippen LogP contribution in [0.4, 0.5) is 17.1 Å². The third-order valence-electron chi connectivity index (χ3n) is 9.51. The van der Waals surface area contributed by atoms with Gasteiger partial charge in [0.2, 0.25) is 0 Å². The van der Waals surface area contributed by atoms with Crippen molar-refractivity contribution < 1.29 is 0 Å². The Morgan fingerprint density at radius 1 is 0.326 bits per heavy atom. The highest BCUT2D eigenvalue weighted by Crippen LogP contribution is 2.50. The summed E-state index contributed by atoms with van der Waals surface area (Å²) in [6, 6.07) is 63.7. The van der Waals surface area contributed by atoms with E-state index in [2.05, 4.69) is 195 Å². The Bertz CT molecular complexity index is 2140. The molecule has 0 unspecified atom stereocenters. The molecule has 1 aliphatic rings. The fourth-order valence-electron chi connectivity index (χ4n) is 7.11. The molecule has 0 saturated carbocycles. The molecule has 0 bridgehead atoms. The molecule has 1 nitrogen and oxygen atoms in total. The van der Waals surface area contributed by atoms with E-state index >= 15 is 0 Å². The fraction of sp³-hybridized carbons (Fsp3) is 0.0667. The molecule has 0 radical (unpaired) electrons. The molecule has 0 N–H and O–H groups in total. The zero-order chi connectivity index (χ0) is 31.1. The first-order valence-electron chi connectivity index (χ1n) is 16.0. The summed E-state index contributed by atoms with van der Waals surface area (Å²) in [5.41, 5.74) is 16.1. The van der Waals surface area contributed by atoms with Crippen LogP contribution in [0.2, 0.25) is 0 Å². The van der Waals surface area contributed by atoms with Crippen LogP contribution < -0.4 is 4.90 Å². The van der Waals surface area contributed by atoms with E-state index in [1.165, 1.54) is 55.6 Å². The second kappa shape index (κ2) is 11.4. The molecule has 8 rings (SSSR count). The Morgan fingerprint density at radius 3 is 1.35 bits per heavy atom. The summed E-state index contributed by atoms with van der Waals surface area (Å²) in [4.78, 5) is 2.39. The first-order chi connectivity index (χ1) is 22.6. The van der Waals surface area contributed by atoms with E-state index in [-0.39, 0.29) is 5.41 Å². The van der Waals surface area contributed by atoms with Crippen LogP contribution in [0.1, 0.15) is 25.0 Å². The summed E-state index contributed by atoms with van der Waals surface area (Å²) < 4.78 is 0. The normalized spacial score (nSPS) is 12.7. The number of fused-ring (bicyclic) bond motifs is 3. The van der Waals surface area contributed by atoms with Gasteiger partial charge in [0.05, 0.1) is 0 Å². The molecule has 1 heteroatoms. The number of rotatable bonds is 6. The van der Waals surface area contributed by atoms with Crippen LogP contribution in [0, 0.1) is 0 Å². The molecule has 0 aliphatic heterocycles. The first-order valence-corrected chi connectivity index (χ1v) is 16.0. The third kappa shape index (κ3) is 4.82. The van der Waals surface area contributed by atoms with Gasteiger partial charge in [0.15, 0.2) is 0 Å². The minimum absolute atomic E-state index is 0.0736. The van der Waals surface area contributed by atoms with Crippen molar-refractivity contribution >= 4 is 17.1 Å².